The monoisotopic (exact) mass is 414 g/mol. The Morgan fingerprint density at radius 3 is 2.34 bits per heavy atom. The standard InChI is InChI=1S/C21H19FN2O4S/c22-16-6-8-17(9-7-16)29(26,27)18-10-12-24(13-11-18)21(25)20-23-14-19(28-20)15-4-2-1-3-5-15/h1-9,14,18H,10-13H2. The fraction of sp³-hybridized carbons (Fsp3) is 0.238. The zero-order valence-electron chi connectivity index (χ0n) is 15.5. The average molecular weight is 414 g/mol. The highest BCUT2D eigenvalue weighted by atomic mass is 32.2. The van der Waals surface area contributed by atoms with Gasteiger partial charge in [-0.3, -0.25) is 4.79 Å². The molecule has 3 aromatic rings. The van der Waals surface area contributed by atoms with Gasteiger partial charge in [-0.1, -0.05) is 30.3 Å². The van der Waals surface area contributed by atoms with Crippen molar-refractivity contribution in [1.29, 1.82) is 0 Å². The van der Waals surface area contributed by atoms with E-state index in [1.54, 1.807) is 4.90 Å². The molecule has 0 atom stereocenters. The van der Waals surface area contributed by atoms with Crippen LogP contribution in [-0.2, 0) is 9.84 Å². The topological polar surface area (TPSA) is 80.5 Å². The number of amides is 1. The predicted octanol–water partition coefficient (Wildman–Crippen LogP) is 3.56. The second-order valence-corrected chi connectivity index (χ2v) is 9.11. The number of benzene rings is 2. The molecule has 150 valence electrons. The smallest absolute Gasteiger partial charge is 0.309 e. The number of carbonyl (C=O) groups is 1. The van der Waals surface area contributed by atoms with Crippen molar-refractivity contribution >= 4 is 15.7 Å². The van der Waals surface area contributed by atoms with Crippen molar-refractivity contribution in [2.45, 2.75) is 23.0 Å². The minimum Gasteiger partial charge on any atom is -0.432 e. The van der Waals surface area contributed by atoms with Gasteiger partial charge in [0.25, 0.3) is 5.89 Å². The van der Waals surface area contributed by atoms with Crippen LogP contribution in [0.25, 0.3) is 11.3 Å². The Morgan fingerprint density at radius 1 is 1.03 bits per heavy atom. The van der Waals surface area contributed by atoms with Gasteiger partial charge in [0.15, 0.2) is 15.6 Å². The van der Waals surface area contributed by atoms with Crippen LogP contribution < -0.4 is 0 Å². The van der Waals surface area contributed by atoms with E-state index >= 15 is 0 Å². The predicted molar refractivity (Wildman–Crippen MR) is 104 cm³/mol. The van der Waals surface area contributed by atoms with E-state index in [-0.39, 0.29) is 29.8 Å². The van der Waals surface area contributed by atoms with Crippen LogP contribution in [0.1, 0.15) is 23.5 Å². The van der Waals surface area contributed by atoms with E-state index in [4.69, 9.17) is 4.42 Å². The maximum Gasteiger partial charge on any atom is 0.309 e. The first kappa shape index (κ1) is 19.3. The highest BCUT2D eigenvalue weighted by molar-refractivity contribution is 7.92. The van der Waals surface area contributed by atoms with Gasteiger partial charge in [0, 0.05) is 18.7 Å². The minimum atomic E-state index is -3.57. The molecule has 1 aliphatic heterocycles. The first-order chi connectivity index (χ1) is 13.9. The summed E-state index contributed by atoms with van der Waals surface area (Å²) in [6, 6.07) is 14.2. The van der Waals surface area contributed by atoms with Crippen LogP contribution >= 0.6 is 0 Å². The first-order valence-corrected chi connectivity index (χ1v) is 10.8. The zero-order valence-corrected chi connectivity index (χ0v) is 16.3. The van der Waals surface area contributed by atoms with Crippen molar-refractivity contribution in [2.75, 3.05) is 13.1 Å². The molecule has 1 amide bonds. The van der Waals surface area contributed by atoms with Crippen LogP contribution in [0.4, 0.5) is 4.39 Å². The molecule has 1 aromatic heterocycles. The number of aromatic nitrogens is 1. The van der Waals surface area contributed by atoms with Gasteiger partial charge in [-0.15, -0.1) is 0 Å². The molecular weight excluding hydrogens is 395 g/mol. The first-order valence-electron chi connectivity index (χ1n) is 9.25. The molecule has 0 N–H and O–H groups in total. The van der Waals surface area contributed by atoms with Crippen molar-refractivity contribution in [3.8, 4) is 11.3 Å². The lowest BCUT2D eigenvalue weighted by Gasteiger charge is -2.30. The number of sulfone groups is 1. The van der Waals surface area contributed by atoms with E-state index in [0.717, 1.165) is 17.7 Å². The molecule has 0 spiro atoms. The van der Waals surface area contributed by atoms with Gasteiger partial charge in [-0.25, -0.2) is 17.8 Å². The zero-order chi connectivity index (χ0) is 20.4. The molecule has 1 aliphatic rings. The van der Waals surface area contributed by atoms with Crippen LogP contribution in [0.5, 0.6) is 0 Å². The van der Waals surface area contributed by atoms with Crippen LogP contribution in [0.15, 0.2) is 70.1 Å². The third-order valence-corrected chi connectivity index (χ3v) is 7.34. The highest BCUT2D eigenvalue weighted by Gasteiger charge is 2.34. The molecule has 0 aliphatic carbocycles. The van der Waals surface area contributed by atoms with Gasteiger partial charge in [-0.05, 0) is 37.1 Å². The molecule has 29 heavy (non-hydrogen) atoms. The molecule has 6 nitrogen and oxygen atoms in total. The molecular formula is C21H19FN2O4S. The van der Waals surface area contributed by atoms with Crippen LogP contribution in [0.3, 0.4) is 0 Å². The summed E-state index contributed by atoms with van der Waals surface area (Å²) in [5.74, 6) is -0.346. The Balaban J connectivity index is 1.42. The van der Waals surface area contributed by atoms with Gasteiger partial charge >= 0.3 is 5.91 Å². The largest absolute Gasteiger partial charge is 0.432 e. The SMILES string of the molecule is O=C(c1ncc(-c2ccccc2)o1)N1CCC(S(=O)(=O)c2ccc(F)cc2)CC1. The van der Waals surface area contributed by atoms with E-state index < -0.39 is 20.9 Å². The van der Waals surface area contributed by atoms with E-state index in [1.165, 1.54) is 18.3 Å². The molecule has 0 bridgehead atoms. The van der Waals surface area contributed by atoms with Crippen LogP contribution in [0, 0.1) is 5.82 Å². The Labute approximate surface area is 167 Å². The average Bonchev–Trinajstić information content (AvgIpc) is 3.24. The lowest BCUT2D eigenvalue weighted by molar-refractivity contribution is 0.0686. The van der Waals surface area contributed by atoms with Gasteiger partial charge in [0.1, 0.15) is 5.82 Å². The number of nitrogens with zero attached hydrogens (tertiary/aromatic N) is 2. The summed E-state index contributed by atoms with van der Waals surface area (Å²) in [6.07, 6.45) is 2.11. The Hall–Kier alpha value is -3.00. The van der Waals surface area contributed by atoms with Gasteiger partial charge in [-0.2, -0.15) is 0 Å². The lowest BCUT2D eigenvalue weighted by atomic mass is 10.1. The molecule has 2 aromatic carbocycles. The third-order valence-electron chi connectivity index (χ3n) is 5.06. The molecule has 4 rings (SSSR count). The van der Waals surface area contributed by atoms with Crippen molar-refractivity contribution in [2.24, 2.45) is 0 Å². The fourth-order valence-electron chi connectivity index (χ4n) is 3.43. The number of hydrogen-bond donors (Lipinski definition) is 0. The van der Waals surface area contributed by atoms with Crippen molar-refractivity contribution < 1.29 is 22.0 Å². The van der Waals surface area contributed by atoms with E-state index in [1.807, 2.05) is 30.3 Å². The normalized spacial score (nSPS) is 15.4. The molecule has 0 saturated carbocycles. The van der Waals surface area contributed by atoms with E-state index in [9.17, 15) is 17.6 Å². The number of rotatable bonds is 4. The van der Waals surface area contributed by atoms with Crippen LogP contribution in [0.2, 0.25) is 0 Å². The second-order valence-electron chi connectivity index (χ2n) is 6.89. The summed E-state index contributed by atoms with van der Waals surface area (Å²) in [7, 11) is -3.57. The van der Waals surface area contributed by atoms with Gasteiger partial charge in [0.05, 0.1) is 16.3 Å². The minimum absolute atomic E-state index is 0.0105. The molecule has 0 unspecified atom stereocenters. The van der Waals surface area contributed by atoms with Crippen LogP contribution in [-0.4, -0.2) is 42.5 Å². The molecule has 1 saturated heterocycles. The number of oxazole rings is 1. The molecule has 1 fully saturated rings. The molecule has 2 heterocycles. The van der Waals surface area contributed by atoms with E-state index in [2.05, 4.69) is 4.98 Å². The van der Waals surface area contributed by atoms with Crippen molar-refractivity contribution in [1.82, 2.24) is 9.88 Å². The summed E-state index contributed by atoms with van der Waals surface area (Å²) in [4.78, 5) is 18.4. The van der Waals surface area contributed by atoms with Gasteiger partial charge in [0.2, 0.25) is 0 Å². The summed E-state index contributed by atoms with van der Waals surface area (Å²) in [5.41, 5.74) is 0.822. The fourth-order valence-corrected chi connectivity index (χ4v) is 5.16. The lowest BCUT2D eigenvalue weighted by Crippen LogP contribution is -2.42. The van der Waals surface area contributed by atoms with E-state index in [0.29, 0.717) is 18.6 Å². The maximum atomic E-state index is 13.1. The number of carbonyl (C=O) groups excluding carboxylic acids is 1. The summed E-state index contributed by atoms with van der Waals surface area (Å²) in [5, 5.41) is -0.610. The number of likely N-dealkylation sites (tertiary alicyclic amines) is 1. The highest BCUT2D eigenvalue weighted by Crippen LogP contribution is 2.26. The Morgan fingerprint density at radius 2 is 1.69 bits per heavy atom. The number of halogens is 1. The quantitative estimate of drug-likeness (QED) is 0.610. The van der Waals surface area contributed by atoms with Crippen molar-refractivity contribution in [3.63, 3.8) is 0 Å². The molecule has 8 heteroatoms. The maximum absolute atomic E-state index is 13.1. The molecule has 0 radical (unpaired) electrons. The Kier molecular flexibility index (Phi) is 5.19. The third kappa shape index (κ3) is 3.93. The second kappa shape index (κ2) is 7.79. The number of piperidine rings is 1. The summed E-state index contributed by atoms with van der Waals surface area (Å²) >= 11 is 0. The van der Waals surface area contributed by atoms with Crippen molar-refractivity contribution in [3.05, 3.63) is 72.5 Å². The summed E-state index contributed by atoms with van der Waals surface area (Å²) in [6.45, 7) is 0.569. The van der Waals surface area contributed by atoms with Gasteiger partial charge < -0.3 is 9.32 Å². The number of hydrogen-bond acceptors (Lipinski definition) is 5. The summed E-state index contributed by atoms with van der Waals surface area (Å²) < 4.78 is 44.2. The Bertz CT molecular complexity index is 1100.